The highest BCUT2D eigenvalue weighted by Gasteiger charge is 2.11. The summed E-state index contributed by atoms with van der Waals surface area (Å²) in [7, 11) is 0. The van der Waals surface area contributed by atoms with Gasteiger partial charge in [-0.2, -0.15) is 0 Å². The van der Waals surface area contributed by atoms with E-state index in [9.17, 15) is 9.18 Å². The molecule has 0 saturated carbocycles. The number of nitrogens with one attached hydrogen (secondary N) is 1. The molecular formula is C10H11BrFNO. The summed E-state index contributed by atoms with van der Waals surface area (Å²) in [6.45, 7) is 1.91. The summed E-state index contributed by atoms with van der Waals surface area (Å²) >= 11 is 3.23. The van der Waals surface area contributed by atoms with Crippen molar-refractivity contribution in [2.24, 2.45) is 0 Å². The van der Waals surface area contributed by atoms with Crippen LogP contribution in [0.2, 0.25) is 0 Å². The Labute approximate surface area is 90.6 Å². The maximum atomic E-state index is 12.5. The van der Waals surface area contributed by atoms with E-state index in [0.29, 0.717) is 12.1 Å². The zero-order chi connectivity index (χ0) is 10.6. The zero-order valence-electron chi connectivity index (χ0n) is 7.76. The third-order valence-corrected chi connectivity index (χ3v) is 2.82. The van der Waals surface area contributed by atoms with E-state index in [2.05, 4.69) is 21.2 Å². The van der Waals surface area contributed by atoms with Crippen LogP contribution < -0.4 is 5.32 Å². The van der Waals surface area contributed by atoms with Gasteiger partial charge in [-0.15, -0.1) is 0 Å². The lowest BCUT2D eigenvalue weighted by molar-refractivity contribution is -0.115. The van der Waals surface area contributed by atoms with Gasteiger partial charge in [-0.1, -0.05) is 22.9 Å². The molecule has 1 N–H and O–H groups in total. The predicted molar refractivity (Wildman–Crippen MR) is 58.0 cm³/mol. The van der Waals surface area contributed by atoms with E-state index < -0.39 is 0 Å². The number of benzene rings is 1. The van der Waals surface area contributed by atoms with E-state index in [1.165, 1.54) is 24.3 Å². The first-order chi connectivity index (χ1) is 6.63. The van der Waals surface area contributed by atoms with Crippen LogP contribution in [0.5, 0.6) is 0 Å². The van der Waals surface area contributed by atoms with Crippen LogP contribution in [0, 0.1) is 5.82 Å². The average molecular weight is 260 g/mol. The van der Waals surface area contributed by atoms with E-state index in [0.717, 1.165) is 0 Å². The lowest BCUT2D eigenvalue weighted by Gasteiger charge is -2.08. The van der Waals surface area contributed by atoms with Crippen LogP contribution in [-0.2, 0) is 4.79 Å². The van der Waals surface area contributed by atoms with Gasteiger partial charge >= 0.3 is 0 Å². The zero-order valence-corrected chi connectivity index (χ0v) is 9.34. The Morgan fingerprint density at radius 1 is 1.50 bits per heavy atom. The van der Waals surface area contributed by atoms with Gasteiger partial charge in [0.25, 0.3) is 0 Å². The molecule has 2 nitrogen and oxygen atoms in total. The molecule has 0 aliphatic rings. The van der Waals surface area contributed by atoms with E-state index in [1.807, 2.05) is 6.92 Å². The minimum absolute atomic E-state index is 0.112. The molecule has 0 spiro atoms. The summed E-state index contributed by atoms with van der Waals surface area (Å²) in [6.07, 6.45) is 0.715. The SMILES string of the molecule is CC[C@H](Br)C(=O)Nc1ccc(F)cc1. The maximum absolute atomic E-state index is 12.5. The molecule has 14 heavy (non-hydrogen) atoms. The van der Waals surface area contributed by atoms with Crippen molar-refractivity contribution in [2.75, 3.05) is 5.32 Å². The molecule has 1 rings (SSSR count). The van der Waals surface area contributed by atoms with Crippen molar-refractivity contribution in [1.29, 1.82) is 0 Å². The largest absolute Gasteiger partial charge is 0.325 e. The molecule has 0 bridgehead atoms. The van der Waals surface area contributed by atoms with Crippen LogP contribution in [0.4, 0.5) is 10.1 Å². The molecule has 0 fully saturated rings. The summed E-state index contributed by atoms with van der Waals surface area (Å²) in [5.41, 5.74) is 0.606. The second kappa shape index (κ2) is 5.10. The summed E-state index contributed by atoms with van der Waals surface area (Å²) in [4.78, 5) is 11.2. The Bertz CT molecular complexity index is 312. The number of rotatable bonds is 3. The van der Waals surface area contributed by atoms with Gasteiger partial charge in [0.15, 0.2) is 0 Å². The number of carbonyl (C=O) groups excluding carboxylic acids is 1. The smallest absolute Gasteiger partial charge is 0.238 e. The molecule has 0 aromatic heterocycles. The van der Waals surface area contributed by atoms with E-state index >= 15 is 0 Å². The van der Waals surface area contributed by atoms with E-state index in [-0.39, 0.29) is 16.6 Å². The number of amides is 1. The fourth-order valence-electron chi connectivity index (χ4n) is 0.939. The van der Waals surface area contributed by atoms with Crippen molar-refractivity contribution in [2.45, 2.75) is 18.2 Å². The van der Waals surface area contributed by atoms with E-state index in [1.54, 1.807) is 0 Å². The highest BCUT2D eigenvalue weighted by Crippen LogP contribution is 2.11. The highest BCUT2D eigenvalue weighted by molar-refractivity contribution is 9.10. The lowest BCUT2D eigenvalue weighted by atomic mass is 10.3. The van der Waals surface area contributed by atoms with Crippen LogP contribution in [0.25, 0.3) is 0 Å². The third-order valence-electron chi connectivity index (χ3n) is 1.75. The van der Waals surface area contributed by atoms with Gasteiger partial charge in [-0.3, -0.25) is 4.79 Å². The minimum Gasteiger partial charge on any atom is -0.325 e. The van der Waals surface area contributed by atoms with Gasteiger partial charge in [0.1, 0.15) is 5.82 Å². The normalized spacial score (nSPS) is 12.2. The Kier molecular flexibility index (Phi) is 4.07. The number of alkyl halides is 1. The fourth-order valence-corrected chi connectivity index (χ4v) is 1.05. The molecule has 1 aromatic carbocycles. The lowest BCUT2D eigenvalue weighted by Crippen LogP contribution is -2.21. The first-order valence-electron chi connectivity index (χ1n) is 4.34. The highest BCUT2D eigenvalue weighted by atomic mass is 79.9. The number of carbonyl (C=O) groups is 1. The second-order valence-electron chi connectivity index (χ2n) is 2.87. The number of hydrogen-bond acceptors (Lipinski definition) is 1. The Morgan fingerprint density at radius 2 is 2.07 bits per heavy atom. The van der Waals surface area contributed by atoms with Crippen molar-refractivity contribution in [3.05, 3.63) is 30.1 Å². The quantitative estimate of drug-likeness (QED) is 0.832. The molecule has 0 radical (unpaired) electrons. The molecule has 1 aromatic rings. The molecule has 0 aliphatic carbocycles. The predicted octanol–water partition coefficient (Wildman–Crippen LogP) is 2.94. The van der Waals surface area contributed by atoms with Gasteiger partial charge in [0, 0.05) is 5.69 Å². The summed E-state index contributed by atoms with van der Waals surface area (Å²) in [5.74, 6) is -0.423. The van der Waals surface area contributed by atoms with Crippen molar-refractivity contribution >= 4 is 27.5 Å². The Balaban J connectivity index is 2.60. The third kappa shape index (κ3) is 3.10. The summed E-state index contributed by atoms with van der Waals surface area (Å²) in [5, 5.41) is 2.67. The van der Waals surface area contributed by atoms with Crippen LogP contribution in [-0.4, -0.2) is 10.7 Å². The number of hydrogen-bond donors (Lipinski definition) is 1. The second-order valence-corrected chi connectivity index (χ2v) is 3.98. The maximum Gasteiger partial charge on any atom is 0.238 e. The van der Waals surface area contributed by atoms with Crippen molar-refractivity contribution in [1.82, 2.24) is 0 Å². The molecule has 1 amide bonds. The summed E-state index contributed by atoms with van der Waals surface area (Å²) in [6, 6.07) is 5.68. The average Bonchev–Trinajstić information content (AvgIpc) is 2.20. The van der Waals surface area contributed by atoms with Crippen LogP contribution >= 0.6 is 15.9 Å². The van der Waals surface area contributed by atoms with Gasteiger partial charge in [-0.05, 0) is 30.7 Å². The van der Waals surface area contributed by atoms with Crippen LogP contribution in [0.15, 0.2) is 24.3 Å². The molecule has 1 atom stereocenters. The first-order valence-corrected chi connectivity index (χ1v) is 5.25. The van der Waals surface area contributed by atoms with Gasteiger partial charge in [0.05, 0.1) is 4.83 Å². The van der Waals surface area contributed by atoms with Gasteiger partial charge in [0.2, 0.25) is 5.91 Å². The monoisotopic (exact) mass is 259 g/mol. The van der Waals surface area contributed by atoms with Crippen LogP contribution in [0.1, 0.15) is 13.3 Å². The minimum atomic E-state index is -0.311. The molecular weight excluding hydrogens is 249 g/mol. The van der Waals surface area contributed by atoms with E-state index in [4.69, 9.17) is 0 Å². The standard InChI is InChI=1S/C10H11BrFNO/c1-2-9(11)10(14)13-8-5-3-7(12)4-6-8/h3-6,9H,2H2,1H3,(H,13,14)/t9-/m0/s1. The van der Waals surface area contributed by atoms with Crippen molar-refractivity contribution in [3.8, 4) is 0 Å². The number of anilines is 1. The molecule has 4 heteroatoms. The number of halogens is 2. The Morgan fingerprint density at radius 3 is 2.57 bits per heavy atom. The molecule has 0 unspecified atom stereocenters. The van der Waals surface area contributed by atoms with Crippen molar-refractivity contribution in [3.63, 3.8) is 0 Å². The fraction of sp³-hybridized carbons (Fsp3) is 0.300. The topological polar surface area (TPSA) is 29.1 Å². The van der Waals surface area contributed by atoms with Crippen molar-refractivity contribution < 1.29 is 9.18 Å². The summed E-state index contributed by atoms with van der Waals surface area (Å²) < 4.78 is 12.5. The molecule has 76 valence electrons. The molecule has 0 saturated heterocycles. The first kappa shape index (κ1) is 11.2. The van der Waals surface area contributed by atoms with Crippen LogP contribution in [0.3, 0.4) is 0 Å². The molecule has 0 aliphatic heterocycles. The van der Waals surface area contributed by atoms with Gasteiger partial charge in [-0.25, -0.2) is 4.39 Å². The van der Waals surface area contributed by atoms with Gasteiger partial charge < -0.3 is 5.32 Å². The Hall–Kier alpha value is -0.900. The molecule has 0 heterocycles.